The molecule has 0 atom stereocenters. The van der Waals surface area contributed by atoms with Crippen molar-refractivity contribution in [1.82, 2.24) is 14.7 Å². The smallest absolute Gasteiger partial charge is 0.254 e. The van der Waals surface area contributed by atoms with Crippen LogP contribution < -0.4 is 0 Å². The first-order valence-electron chi connectivity index (χ1n) is 9.06. The van der Waals surface area contributed by atoms with Crippen molar-refractivity contribution < 1.29 is 18.4 Å². The average Bonchev–Trinajstić information content (AvgIpc) is 3.05. The van der Waals surface area contributed by atoms with Crippen molar-refractivity contribution in [2.45, 2.75) is 13.0 Å². The summed E-state index contributed by atoms with van der Waals surface area (Å²) < 4.78 is 18.6. The first-order valence-corrected chi connectivity index (χ1v) is 9.06. The number of hydrogen-bond donors (Lipinski definition) is 0. The van der Waals surface area contributed by atoms with E-state index in [0.717, 1.165) is 18.7 Å². The largest absolute Gasteiger partial charge is 0.467 e. The molecule has 0 bridgehead atoms. The second kappa shape index (κ2) is 8.81. The third kappa shape index (κ3) is 5.17. The van der Waals surface area contributed by atoms with E-state index < -0.39 is 5.82 Å². The van der Waals surface area contributed by atoms with E-state index in [9.17, 15) is 14.0 Å². The number of rotatable bonds is 5. The van der Waals surface area contributed by atoms with Crippen molar-refractivity contribution in [1.29, 1.82) is 0 Å². The quantitative estimate of drug-likeness (QED) is 0.807. The lowest BCUT2D eigenvalue weighted by atomic mass is 10.2. The molecule has 3 rings (SSSR count). The van der Waals surface area contributed by atoms with Crippen LogP contribution in [0.4, 0.5) is 4.39 Å². The van der Waals surface area contributed by atoms with E-state index in [4.69, 9.17) is 4.42 Å². The van der Waals surface area contributed by atoms with Gasteiger partial charge in [-0.1, -0.05) is 6.07 Å². The third-order valence-electron chi connectivity index (χ3n) is 4.71. The monoisotopic (exact) mass is 373 g/mol. The molecule has 1 aromatic heterocycles. The summed E-state index contributed by atoms with van der Waals surface area (Å²) in [6, 6.07) is 9.39. The molecule has 6 nitrogen and oxygen atoms in total. The van der Waals surface area contributed by atoms with Crippen molar-refractivity contribution >= 4 is 11.8 Å². The number of furan rings is 1. The van der Waals surface area contributed by atoms with Gasteiger partial charge in [0, 0.05) is 38.8 Å². The second-order valence-electron chi connectivity index (χ2n) is 6.76. The molecule has 0 spiro atoms. The summed E-state index contributed by atoms with van der Waals surface area (Å²) in [5, 5.41) is 0. The molecule has 0 aliphatic carbocycles. The van der Waals surface area contributed by atoms with E-state index in [-0.39, 0.29) is 11.8 Å². The summed E-state index contributed by atoms with van der Waals surface area (Å²) in [6.07, 6.45) is 2.36. The van der Waals surface area contributed by atoms with Gasteiger partial charge in [0.05, 0.1) is 19.4 Å². The molecule has 2 heterocycles. The number of halogens is 1. The number of nitrogens with zero attached hydrogens (tertiary/aromatic N) is 3. The highest BCUT2D eigenvalue weighted by Crippen LogP contribution is 2.11. The van der Waals surface area contributed by atoms with Crippen LogP contribution in [0.1, 0.15) is 22.5 Å². The lowest BCUT2D eigenvalue weighted by Crippen LogP contribution is -2.40. The molecule has 0 radical (unpaired) electrons. The maximum atomic E-state index is 13.4. The van der Waals surface area contributed by atoms with Gasteiger partial charge in [-0.3, -0.25) is 14.5 Å². The molecule has 1 fully saturated rings. The summed E-state index contributed by atoms with van der Waals surface area (Å²) >= 11 is 0. The molecule has 2 amide bonds. The molecule has 0 N–H and O–H groups in total. The van der Waals surface area contributed by atoms with Crippen molar-refractivity contribution in [2.75, 3.05) is 39.8 Å². The molecule has 1 aromatic carbocycles. The van der Waals surface area contributed by atoms with Crippen LogP contribution >= 0.6 is 0 Å². The summed E-state index contributed by atoms with van der Waals surface area (Å²) in [6.45, 7) is 3.21. The first-order chi connectivity index (χ1) is 13.0. The minimum absolute atomic E-state index is 0.0105. The Labute approximate surface area is 158 Å². The normalized spacial score (nSPS) is 15.4. The molecule has 1 aliphatic rings. The summed E-state index contributed by atoms with van der Waals surface area (Å²) in [5.41, 5.74) is 0.359. The van der Waals surface area contributed by atoms with Crippen molar-refractivity contribution in [3.63, 3.8) is 0 Å². The Morgan fingerprint density at radius 2 is 2.00 bits per heavy atom. The van der Waals surface area contributed by atoms with Gasteiger partial charge in [-0.2, -0.15) is 0 Å². The summed E-state index contributed by atoms with van der Waals surface area (Å²) in [4.78, 5) is 30.4. The highest BCUT2D eigenvalue weighted by Gasteiger charge is 2.22. The Morgan fingerprint density at radius 1 is 1.15 bits per heavy atom. The minimum atomic E-state index is -0.414. The lowest BCUT2D eigenvalue weighted by molar-refractivity contribution is -0.131. The molecular formula is C20H24FN3O3. The molecule has 0 unspecified atom stereocenters. The Hall–Kier alpha value is -2.67. The zero-order chi connectivity index (χ0) is 19.2. The zero-order valence-electron chi connectivity index (χ0n) is 15.4. The average molecular weight is 373 g/mol. The van der Waals surface area contributed by atoms with Gasteiger partial charge in [0.25, 0.3) is 5.91 Å². The fraction of sp³-hybridized carbons (Fsp3) is 0.400. The highest BCUT2D eigenvalue weighted by molar-refractivity contribution is 5.94. The number of amides is 2. The fourth-order valence-electron chi connectivity index (χ4n) is 3.17. The van der Waals surface area contributed by atoms with Crippen LogP contribution in [0.15, 0.2) is 47.1 Å². The van der Waals surface area contributed by atoms with E-state index in [1.54, 1.807) is 41.3 Å². The van der Waals surface area contributed by atoms with E-state index in [1.807, 2.05) is 6.07 Å². The first kappa shape index (κ1) is 19.1. The Bertz CT molecular complexity index is 779. The number of benzene rings is 1. The zero-order valence-corrected chi connectivity index (χ0v) is 15.4. The van der Waals surface area contributed by atoms with Gasteiger partial charge in [0.1, 0.15) is 11.6 Å². The van der Waals surface area contributed by atoms with Crippen molar-refractivity contribution in [2.24, 2.45) is 0 Å². The Kier molecular flexibility index (Phi) is 6.24. The van der Waals surface area contributed by atoms with E-state index in [0.29, 0.717) is 38.3 Å². The van der Waals surface area contributed by atoms with Gasteiger partial charge < -0.3 is 14.2 Å². The highest BCUT2D eigenvalue weighted by atomic mass is 19.1. The van der Waals surface area contributed by atoms with Crippen LogP contribution in [-0.4, -0.2) is 66.3 Å². The van der Waals surface area contributed by atoms with E-state index in [2.05, 4.69) is 4.90 Å². The summed E-state index contributed by atoms with van der Waals surface area (Å²) in [7, 11) is 1.75. The number of hydrogen-bond acceptors (Lipinski definition) is 4. The van der Waals surface area contributed by atoms with Gasteiger partial charge in [0.15, 0.2) is 0 Å². The number of carbonyl (C=O) groups excluding carboxylic acids is 2. The van der Waals surface area contributed by atoms with Crippen molar-refractivity contribution in [3.8, 4) is 0 Å². The number of carbonyl (C=O) groups is 2. The second-order valence-corrected chi connectivity index (χ2v) is 6.76. The molecule has 7 heteroatoms. The SMILES string of the molecule is CN(Cc1ccco1)C(=O)CN1CCCN(C(=O)c2cccc(F)c2)CC1. The van der Waals surface area contributed by atoms with Gasteiger partial charge in [-0.25, -0.2) is 4.39 Å². The maximum Gasteiger partial charge on any atom is 0.254 e. The molecule has 144 valence electrons. The molecule has 0 saturated carbocycles. The van der Waals surface area contributed by atoms with Crippen LogP contribution in [0.2, 0.25) is 0 Å². The topological polar surface area (TPSA) is 57.0 Å². The fourth-order valence-corrected chi connectivity index (χ4v) is 3.17. The van der Waals surface area contributed by atoms with Gasteiger partial charge in [-0.05, 0) is 36.8 Å². The van der Waals surface area contributed by atoms with Crippen LogP contribution in [0.5, 0.6) is 0 Å². The minimum Gasteiger partial charge on any atom is -0.467 e. The van der Waals surface area contributed by atoms with Gasteiger partial charge in [-0.15, -0.1) is 0 Å². The predicted octanol–water partition coefficient (Wildman–Crippen LogP) is 2.23. The van der Waals surface area contributed by atoms with Crippen LogP contribution in [-0.2, 0) is 11.3 Å². The molecule has 27 heavy (non-hydrogen) atoms. The maximum absolute atomic E-state index is 13.4. The lowest BCUT2D eigenvalue weighted by Gasteiger charge is -2.24. The molecule has 2 aromatic rings. The Morgan fingerprint density at radius 3 is 2.74 bits per heavy atom. The van der Waals surface area contributed by atoms with Gasteiger partial charge in [0.2, 0.25) is 5.91 Å². The molecule has 1 aliphatic heterocycles. The van der Waals surface area contributed by atoms with Crippen LogP contribution in [0.3, 0.4) is 0 Å². The van der Waals surface area contributed by atoms with E-state index >= 15 is 0 Å². The summed E-state index contributed by atoms with van der Waals surface area (Å²) in [5.74, 6) is 0.171. The van der Waals surface area contributed by atoms with Crippen LogP contribution in [0.25, 0.3) is 0 Å². The third-order valence-corrected chi connectivity index (χ3v) is 4.71. The van der Waals surface area contributed by atoms with Gasteiger partial charge >= 0.3 is 0 Å². The van der Waals surface area contributed by atoms with E-state index in [1.165, 1.54) is 12.1 Å². The standard InChI is InChI=1S/C20H24FN3O3/c1-22(14-18-7-3-12-27-18)19(25)15-23-8-4-9-24(11-10-23)20(26)16-5-2-6-17(21)13-16/h2-3,5-7,12-13H,4,8-11,14-15H2,1H3. The molecule has 1 saturated heterocycles. The van der Waals surface area contributed by atoms with Crippen molar-refractivity contribution in [3.05, 3.63) is 59.8 Å². The predicted molar refractivity (Wildman–Crippen MR) is 98.5 cm³/mol. The molecular weight excluding hydrogens is 349 g/mol. The van der Waals surface area contributed by atoms with Crippen LogP contribution in [0, 0.1) is 5.82 Å². The Balaban J connectivity index is 1.52. The number of likely N-dealkylation sites (N-methyl/N-ethyl adjacent to an activating group) is 1.